The number of likely N-dealkylation sites (tertiary alicyclic amines) is 1. The van der Waals surface area contributed by atoms with Crippen LogP contribution in [0, 0.1) is 5.82 Å². The molecule has 200 valence electrons. The van der Waals surface area contributed by atoms with Crippen molar-refractivity contribution >= 4 is 27.5 Å². The summed E-state index contributed by atoms with van der Waals surface area (Å²) in [5, 5.41) is 9.67. The molecule has 1 aliphatic rings. The number of benzene rings is 2. The number of pyridine rings is 2. The number of nitrogens with zero attached hydrogens (tertiary/aromatic N) is 4. The van der Waals surface area contributed by atoms with Crippen molar-refractivity contribution in [3.05, 3.63) is 84.6 Å². The van der Waals surface area contributed by atoms with Gasteiger partial charge in [-0.25, -0.2) is 4.39 Å². The zero-order valence-electron chi connectivity index (χ0n) is 22.1. The Hall–Kier alpha value is -4.56. The Balaban J connectivity index is 1.23. The van der Waals surface area contributed by atoms with E-state index < -0.39 is 0 Å². The molecule has 1 saturated heterocycles. The van der Waals surface area contributed by atoms with Crippen molar-refractivity contribution in [2.45, 2.75) is 25.7 Å². The third-order valence-corrected chi connectivity index (χ3v) is 7.83. The minimum atomic E-state index is -0.198. The maximum Gasteiger partial charge on any atom is 0.124 e. The normalized spacial score (nSPS) is 14.0. The largest absolute Gasteiger partial charge is 0.397 e. The van der Waals surface area contributed by atoms with Crippen molar-refractivity contribution in [3.8, 4) is 33.8 Å². The van der Waals surface area contributed by atoms with Crippen LogP contribution in [0.3, 0.4) is 0 Å². The summed E-state index contributed by atoms with van der Waals surface area (Å²) in [4.78, 5) is 14.8. The Morgan fingerprint density at radius 1 is 0.900 bits per heavy atom. The van der Waals surface area contributed by atoms with Gasteiger partial charge in [0.2, 0.25) is 0 Å². The minimum absolute atomic E-state index is 0.198. The predicted octanol–water partition coefficient (Wildman–Crippen LogP) is 6.58. The molecule has 2 aromatic carbocycles. The van der Waals surface area contributed by atoms with E-state index in [-0.39, 0.29) is 5.82 Å². The van der Waals surface area contributed by atoms with Crippen LogP contribution in [0.4, 0.5) is 10.1 Å². The summed E-state index contributed by atoms with van der Waals surface area (Å²) in [5.41, 5.74) is 14.5. The number of hydrogen-bond acceptors (Lipinski definition) is 5. The Labute approximate surface area is 231 Å². The number of halogens is 1. The second kappa shape index (κ2) is 10.2. The standard InChI is InChI=1S/C32H30FN7/c33-23-12-20(5-4-10-40-8-1-2-9-40)11-21(13-23)25-6-3-7-28-26(25)15-30(37-28)32-27-16-29(36-19-31(27)38-39-32)22-14-24(34)18-35-17-22/h3,6-7,11-19,37H,1-2,4-5,8-10,34H2,(H,38,39). The number of rotatable bonds is 7. The molecule has 40 heavy (non-hydrogen) atoms. The van der Waals surface area contributed by atoms with E-state index in [0.29, 0.717) is 5.69 Å². The number of H-pyrrole nitrogens is 2. The molecule has 0 unspecified atom stereocenters. The zero-order chi connectivity index (χ0) is 27.1. The monoisotopic (exact) mass is 531 g/mol. The highest BCUT2D eigenvalue weighted by Gasteiger charge is 2.16. The average Bonchev–Trinajstić information content (AvgIpc) is 3.72. The van der Waals surface area contributed by atoms with Crippen molar-refractivity contribution in [3.63, 3.8) is 0 Å². The maximum absolute atomic E-state index is 14.8. The van der Waals surface area contributed by atoms with Gasteiger partial charge in [-0.2, -0.15) is 5.10 Å². The second-order valence-corrected chi connectivity index (χ2v) is 10.6. The minimum Gasteiger partial charge on any atom is -0.397 e. The second-order valence-electron chi connectivity index (χ2n) is 10.6. The van der Waals surface area contributed by atoms with E-state index in [0.717, 1.165) is 80.5 Å². The maximum atomic E-state index is 14.8. The van der Waals surface area contributed by atoms with E-state index in [4.69, 9.17) is 5.73 Å². The van der Waals surface area contributed by atoms with Crippen molar-refractivity contribution in [2.24, 2.45) is 0 Å². The van der Waals surface area contributed by atoms with Gasteiger partial charge in [0.05, 0.1) is 28.8 Å². The van der Waals surface area contributed by atoms with Gasteiger partial charge in [0.25, 0.3) is 0 Å². The number of fused-ring (bicyclic) bond motifs is 2. The predicted molar refractivity (Wildman–Crippen MR) is 158 cm³/mol. The number of nitrogen functional groups attached to an aromatic ring is 1. The van der Waals surface area contributed by atoms with Crippen LogP contribution >= 0.6 is 0 Å². The van der Waals surface area contributed by atoms with Crippen LogP contribution in [0.5, 0.6) is 0 Å². The summed E-state index contributed by atoms with van der Waals surface area (Å²) in [6, 6.07) is 17.5. The highest BCUT2D eigenvalue weighted by molar-refractivity contribution is 6.01. The first-order chi connectivity index (χ1) is 19.6. The fourth-order valence-electron chi connectivity index (χ4n) is 5.88. The molecule has 0 radical (unpaired) electrons. The molecule has 0 bridgehead atoms. The summed E-state index contributed by atoms with van der Waals surface area (Å²) in [7, 11) is 0. The molecule has 7 nitrogen and oxygen atoms in total. The molecule has 1 fully saturated rings. The van der Waals surface area contributed by atoms with Gasteiger partial charge in [0.1, 0.15) is 11.5 Å². The number of aromatic amines is 2. The summed E-state index contributed by atoms with van der Waals surface area (Å²) >= 11 is 0. The number of anilines is 1. The first-order valence-electron chi connectivity index (χ1n) is 13.8. The van der Waals surface area contributed by atoms with Crippen molar-refractivity contribution < 1.29 is 4.39 Å². The number of aromatic nitrogens is 5. The number of nitrogens with one attached hydrogen (secondary N) is 2. The Morgan fingerprint density at radius 2 is 1.80 bits per heavy atom. The summed E-state index contributed by atoms with van der Waals surface area (Å²) in [6.07, 6.45) is 9.63. The van der Waals surface area contributed by atoms with Gasteiger partial charge in [-0.1, -0.05) is 18.2 Å². The Kier molecular flexibility index (Phi) is 6.24. The van der Waals surface area contributed by atoms with Gasteiger partial charge in [-0.15, -0.1) is 0 Å². The Morgan fingerprint density at radius 3 is 2.67 bits per heavy atom. The molecule has 5 heterocycles. The fourth-order valence-corrected chi connectivity index (χ4v) is 5.88. The molecule has 1 aliphatic heterocycles. The highest BCUT2D eigenvalue weighted by atomic mass is 19.1. The van der Waals surface area contributed by atoms with Crippen LogP contribution in [-0.2, 0) is 6.42 Å². The lowest BCUT2D eigenvalue weighted by atomic mass is 9.98. The van der Waals surface area contributed by atoms with Crippen LogP contribution in [-0.4, -0.2) is 49.7 Å². The van der Waals surface area contributed by atoms with Crippen molar-refractivity contribution in [1.82, 2.24) is 30.0 Å². The third kappa shape index (κ3) is 4.71. The highest BCUT2D eigenvalue weighted by Crippen LogP contribution is 2.35. The third-order valence-electron chi connectivity index (χ3n) is 7.83. The number of nitrogens with two attached hydrogens (primary N) is 1. The lowest BCUT2D eigenvalue weighted by Gasteiger charge is -2.14. The van der Waals surface area contributed by atoms with Crippen LogP contribution in [0.15, 0.2) is 73.2 Å². The summed E-state index contributed by atoms with van der Waals surface area (Å²) < 4.78 is 14.8. The molecule has 4 aromatic heterocycles. The van der Waals surface area contributed by atoms with E-state index in [2.05, 4.69) is 48.2 Å². The van der Waals surface area contributed by atoms with E-state index in [1.807, 2.05) is 24.3 Å². The molecule has 8 heteroatoms. The molecule has 0 aliphatic carbocycles. The topological polar surface area (TPSA) is 99.5 Å². The Bertz CT molecular complexity index is 1830. The molecule has 6 aromatic rings. The van der Waals surface area contributed by atoms with E-state index in [1.165, 1.54) is 25.9 Å². The molecule has 7 rings (SSSR count). The molecule has 0 saturated carbocycles. The average molecular weight is 532 g/mol. The fraction of sp³-hybridized carbons (Fsp3) is 0.219. The lowest BCUT2D eigenvalue weighted by Crippen LogP contribution is -2.20. The van der Waals surface area contributed by atoms with Crippen LogP contribution in [0.1, 0.15) is 24.8 Å². The van der Waals surface area contributed by atoms with Crippen molar-refractivity contribution in [1.29, 1.82) is 0 Å². The number of hydrogen-bond donors (Lipinski definition) is 3. The summed E-state index contributed by atoms with van der Waals surface area (Å²) in [5.74, 6) is -0.198. The van der Waals surface area contributed by atoms with Gasteiger partial charge in [-0.3, -0.25) is 15.1 Å². The zero-order valence-corrected chi connectivity index (χ0v) is 22.1. The number of aryl methyl sites for hydroxylation is 1. The van der Waals surface area contributed by atoms with Crippen LogP contribution in [0.25, 0.3) is 55.6 Å². The molecule has 0 atom stereocenters. The van der Waals surface area contributed by atoms with E-state index in [9.17, 15) is 4.39 Å². The van der Waals surface area contributed by atoms with Gasteiger partial charge < -0.3 is 15.6 Å². The van der Waals surface area contributed by atoms with Crippen LogP contribution < -0.4 is 5.73 Å². The van der Waals surface area contributed by atoms with Crippen LogP contribution in [0.2, 0.25) is 0 Å². The molecule has 4 N–H and O–H groups in total. The molecular weight excluding hydrogens is 501 g/mol. The quantitative estimate of drug-likeness (QED) is 0.216. The van der Waals surface area contributed by atoms with Crippen molar-refractivity contribution in [2.75, 3.05) is 25.4 Å². The first kappa shape index (κ1) is 24.5. The lowest BCUT2D eigenvalue weighted by molar-refractivity contribution is 0.334. The molecule has 0 amide bonds. The van der Waals surface area contributed by atoms with Gasteiger partial charge in [0.15, 0.2) is 0 Å². The SMILES string of the molecule is Nc1cncc(-c2cc3c(-c4cc5c(-c6cc(F)cc(CCCN7CCCC7)c6)cccc5[nH]4)n[nH]c3cn2)c1. The van der Waals surface area contributed by atoms with Gasteiger partial charge in [0, 0.05) is 34.2 Å². The molecule has 0 spiro atoms. The van der Waals surface area contributed by atoms with E-state index in [1.54, 1.807) is 30.7 Å². The first-order valence-corrected chi connectivity index (χ1v) is 13.8. The van der Waals surface area contributed by atoms with Gasteiger partial charge in [-0.05, 0) is 98.4 Å². The van der Waals surface area contributed by atoms with Gasteiger partial charge >= 0.3 is 0 Å². The smallest absolute Gasteiger partial charge is 0.124 e. The summed E-state index contributed by atoms with van der Waals surface area (Å²) in [6.45, 7) is 3.45. The van der Waals surface area contributed by atoms with E-state index >= 15 is 0 Å². The molecular formula is C32H30FN7.